The maximum Gasteiger partial charge on any atom is 0.250 e. The zero-order chi connectivity index (χ0) is 13.2. The lowest BCUT2D eigenvalue weighted by Crippen LogP contribution is -2.18. The van der Waals surface area contributed by atoms with Crippen molar-refractivity contribution in [1.82, 2.24) is 0 Å². The van der Waals surface area contributed by atoms with Crippen molar-refractivity contribution in [2.45, 2.75) is 13.3 Å². The summed E-state index contributed by atoms with van der Waals surface area (Å²) in [4.78, 5) is 11.5. The maximum absolute atomic E-state index is 11.5. The van der Waals surface area contributed by atoms with Gasteiger partial charge in [-0.15, -0.1) is 0 Å². The van der Waals surface area contributed by atoms with Crippen LogP contribution in [0.5, 0.6) is 0 Å². The molecule has 0 unspecified atom stereocenters. The van der Waals surface area contributed by atoms with Crippen LogP contribution < -0.4 is 5.32 Å². The Balaban J connectivity index is 2.53. The first-order chi connectivity index (χ1) is 8.76. The van der Waals surface area contributed by atoms with Gasteiger partial charge >= 0.3 is 0 Å². The van der Waals surface area contributed by atoms with Crippen molar-refractivity contribution >= 4 is 11.6 Å². The minimum absolute atomic E-state index is 0.0559. The molecule has 0 aromatic heterocycles. The summed E-state index contributed by atoms with van der Waals surface area (Å²) in [6.07, 6.45) is 0.888. The van der Waals surface area contributed by atoms with Crippen LogP contribution in [0.25, 0.3) is 0 Å². The number of amides is 1. The number of carbonyl (C=O) groups excluding carboxylic acids is 1. The average Bonchev–Trinajstić information content (AvgIpc) is 2.37. The van der Waals surface area contributed by atoms with Gasteiger partial charge in [0.2, 0.25) is 5.91 Å². The molecule has 4 nitrogen and oxygen atoms in total. The molecule has 18 heavy (non-hydrogen) atoms. The highest BCUT2D eigenvalue weighted by atomic mass is 16.5. The Bertz CT molecular complexity index is 446. The number of anilines is 1. The lowest BCUT2D eigenvalue weighted by Gasteiger charge is -2.05. The first-order valence-electron chi connectivity index (χ1n) is 5.83. The van der Waals surface area contributed by atoms with Crippen LogP contribution in [0.2, 0.25) is 0 Å². The summed E-state index contributed by atoms with van der Waals surface area (Å²) in [7, 11) is 0. The van der Waals surface area contributed by atoms with Crippen molar-refractivity contribution in [3.8, 4) is 11.8 Å². The lowest BCUT2D eigenvalue weighted by molar-refractivity contribution is -0.120. The third kappa shape index (κ3) is 5.48. The van der Waals surface area contributed by atoms with Gasteiger partial charge in [0.15, 0.2) is 0 Å². The maximum atomic E-state index is 11.5. The van der Waals surface area contributed by atoms with Gasteiger partial charge in [-0.05, 0) is 24.6 Å². The number of benzene rings is 1. The number of aliphatic hydroxyl groups is 1. The van der Waals surface area contributed by atoms with Crippen LogP contribution in [-0.4, -0.2) is 30.8 Å². The molecule has 0 fully saturated rings. The van der Waals surface area contributed by atoms with E-state index in [1.807, 2.05) is 13.0 Å². The minimum atomic E-state index is -0.185. The van der Waals surface area contributed by atoms with Gasteiger partial charge in [-0.25, -0.2) is 0 Å². The van der Waals surface area contributed by atoms with Crippen molar-refractivity contribution in [3.05, 3.63) is 29.8 Å². The zero-order valence-electron chi connectivity index (χ0n) is 10.4. The first-order valence-corrected chi connectivity index (χ1v) is 5.83. The molecule has 0 saturated heterocycles. The summed E-state index contributed by atoms with van der Waals surface area (Å²) in [5.74, 6) is 5.15. The molecule has 96 valence electrons. The summed E-state index contributed by atoms with van der Waals surface area (Å²) >= 11 is 0. The van der Waals surface area contributed by atoms with E-state index in [-0.39, 0.29) is 19.1 Å². The normalized spacial score (nSPS) is 9.44. The molecule has 2 N–H and O–H groups in total. The Morgan fingerprint density at radius 2 is 2.33 bits per heavy atom. The van der Waals surface area contributed by atoms with E-state index < -0.39 is 0 Å². The number of carbonyl (C=O) groups is 1. The summed E-state index contributed by atoms with van der Waals surface area (Å²) < 4.78 is 5.14. The Hall–Kier alpha value is -1.83. The molecule has 0 aliphatic rings. The van der Waals surface area contributed by atoms with Crippen molar-refractivity contribution in [3.63, 3.8) is 0 Å². The zero-order valence-corrected chi connectivity index (χ0v) is 10.4. The second-order valence-electron chi connectivity index (χ2n) is 3.64. The minimum Gasteiger partial charge on any atom is -0.384 e. The smallest absolute Gasteiger partial charge is 0.250 e. The molecule has 0 saturated carbocycles. The molecule has 1 aromatic rings. The average molecular weight is 247 g/mol. The number of aliphatic hydroxyl groups excluding tert-OH is 1. The highest BCUT2D eigenvalue weighted by Crippen LogP contribution is 2.09. The van der Waals surface area contributed by atoms with Crippen LogP contribution in [0.4, 0.5) is 5.69 Å². The van der Waals surface area contributed by atoms with Crippen LogP contribution in [0.3, 0.4) is 0 Å². The fraction of sp³-hybridized carbons (Fsp3) is 0.357. The Morgan fingerprint density at radius 1 is 1.50 bits per heavy atom. The van der Waals surface area contributed by atoms with E-state index in [0.717, 1.165) is 12.0 Å². The summed E-state index contributed by atoms with van der Waals surface area (Å²) in [6.45, 7) is 2.44. The lowest BCUT2D eigenvalue weighted by atomic mass is 10.2. The molecule has 1 aromatic carbocycles. The van der Waals surface area contributed by atoms with Crippen LogP contribution in [-0.2, 0) is 9.53 Å². The molecule has 0 radical (unpaired) electrons. The third-order valence-electron chi connectivity index (χ3n) is 2.04. The molecule has 0 aliphatic carbocycles. The molecule has 0 bridgehead atoms. The van der Waals surface area contributed by atoms with Crippen molar-refractivity contribution in [1.29, 1.82) is 0 Å². The largest absolute Gasteiger partial charge is 0.384 e. The van der Waals surface area contributed by atoms with Gasteiger partial charge in [-0.3, -0.25) is 4.79 Å². The molecule has 0 spiro atoms. The molecular weight excluding hydrogens is 230 g/mol. The predicted octanol–water partition coefficient (Wildman–Crippen LogP) is 1.40. The number of hydrogen-bond donors (Lipinski definition) is 2. The number of rotatable bonds is 5. The van der Waals surface area contributed by atoms with Gasteiger partial charge < -0.3 is 15.2 Å². The van der Waals surface area contributed by atoms with E-state index >= 15 is 0 Å². The highest BCUT2D eigenvalue weighted by molar-refractivity contribution is 5.91. The van der Waals surface area contributed by atoms with Crippen LogP contribution in [0.1, 0.15) is 18.9 Å². The summed E-state index contributed by atoms with van der Waals surface area (Å²) in [5.41, 5.74) is 1.42. The first kappa shape index (κ1) is 14.2. The number of hydrogen-bond acceptors (Lipinski definition) is 3. The molecule has 0 aliphatic heterocycles. The highest BCUT2D eigenvalue weighted by Gasteiger charge is 2.02. The Morgan fingerprint density at radius 3 is 3.06 bits per heavy atom. The Kier molecular flexibility index (Phi) is 6.55. The number of nitrogens with one attached hydrogen (secondary N) is 1. The fourth-order valence-corrected chi connectivity index (χ4v) is 1.32. The van der Waals surface area contributed by atoms with E-state index in [1.54, 1.807) is 18.2 Å². The van der Waals surface area contributed by atoms with E-state index in [2.05, 4.69) is 17.2 Å². The molecule has 0 atom stereocenters. The second kappa shape index (κ2) is 8.29. The summed E-state index contributed by atoms with van der Waals surface area (Å²) in [5, 5.41) is 11.3. The monoisotopic (exact) mass is 247 g/mol. The van der Waals surface area contributed by atoms with E-state index in [9.17, 15) is 4.79 Å². The van der Waals surface area contributed by atoms with Crippen molar-refractivity contribution in [2.24, 2.45) is 0 Å². The number of ether oxygens (including phenoxy) is 1. The molecule has 1 amide bonds. The SMILES string of the molecule is CCCOCC(=O)Nc1cccc(C#CCO)c1. The van der Waals surface area contributed by atoms with Crippen molar-refractivity contribution < 1.29 is 14.6 Å². The van der Waals surface area contributed by atoms with E-state index in [4.69, 9.17) is 9.84 Å². The van der Waals surface area contributed by atoms with Gasteiger partial charge in [0.1, 0.15) is 13.2 Å². The predicted molar refractivity (Wildman–Crippen MR) is 70.1 cm³/mol. The molecule has 1 rings (SSSR count). The molecule has 0 heterocycles. The topological polar surface area (TPSA) is 58.6 Å². The van der Waals surface area contributed by atoms with Gasteiger partial charge in [-0.1, -0.05) is 24.8 Å². The van der Waals surface area contributed by atoms with Gasteiger partial charge in [0.25, 0.3) is 0 Å². The van der Waals surface area contributed by atoms with Crippen molar-refractivity contribution in [2.75, 3.05) is 25.1 Å². The quantitative estimate of drug-likeness (QED) is 0.610. The molecular formula is C14H17NO3. The fourth-order valence-electron chi connectivity index (χ4n) is 1.32. The van der Waals surface area contributed by atoms with Crippen LogP contribution >= 0.6 is 0 Å². The second-order valence-corrected chi connectivity index (χ2v) is 3.64. The van der Waals surface area contributed by atoms with Gasteiger partial charge in [0.05, 0.1) is 0 Å². The standard InChI is InChI=1S/C14H17NO3/c1-2-9-18-11-14(17)15-13-7-3-5-12(10-13)6-4-8-16/h3,5,7,10,16H,2,8-9,11H2,1H3,(H,15,17). The van der Waals surface area contributed by atoms with E-state index in [0.29, 0.717) is 12.3 Å². The molecule has 4 heteroatoms. The van der Waals surface area contributed by atoms with Crippen LogP contribution in [0, 0.1) is 11.8 Å². The summed E-state index contributed by atoms with van der Waals surface area (Å²) in [6, 6.07) is 7.14. The van der Waals surface area contributed by atoms with Gasteiger partial charge in [-0.2, -0.15) is 0 Å². The van der Waals surface area contributed by atoms with Crippen LogP contribution in [0.15, 0.2) is 24.3 Å². The Labute approximate surface area is 107 Å². The van der Waals surface area contributed by atoms with E-state index in [1.165, 1.54) is 0 Å². The van der Waals surface area contributed by atoms with Gasteiger partial charge in [0, 0.05) is 17.9 Å². The third-order valence-corrected chi connectivity index (χ3v) is 2.04.